The van der Waals surface area contributed by atoms with E-state index < -0.39 is 0 Å². The Morgan fingerprint density at radius 2 is 0.833 bits per heavy atom. The Hall–Kier alpha value is -6.38. The molecule has 0 amide bonds. The summed E-state index contributed by atoms with van der Waals surface area (Å²) in [7, 11) is 0. The van der Waals surface area contributed by atoms with Crippen molar-refractivity contribution in [2.24, 2.45) is 0 Å². The molecule has 0 atom stereocenters. The first-order chi connectivity index (χ1) is 23.8. The maximum absolute atomic E-state index is 6.70. The van der Waals surface area contributed by atoms with E-state index in [1.807, 2.05) is 6.07 Å². The molecular formula is C46H31NO. The van der Waals surface area contributed by atoms with Crippen LogP contribution in [0, 0.1) is 0 Å². The van der Waals surface area contributed by atoms with Crippen LogP contribution in [0.1, 0.15) is 0 Å². The molecule has 1 aliphatic heterocycles. The van der Waals surface area contributed by atoms with Gasteiger partial charge in [0.1, 0.15) is 11.5 Å². The van der Waals surface area contributed by atoms with Gasteiger partial charge < -0.3 is 9.64 Å². The van der Waals surface area contributed by atoms with Crippen LogP contribution in [-0.4, -0.2) is 0 Å². The van der Waals surface area contributed by atoms with Gasteiger partial charge in [0.2, 0.25) is 0 Å². The second-order valence-corrected chi connectivity index (χ2v) is 12.2. The van der Waals surface area contributed by atoms with E-state index >= 15 is 0 Å². The average Bonchev–Trinajstić information content (AvgIpc) is 3.17. The van der Waals surface area contributed by atoms with Crippen LogP contribution < -0.4 is 9.64 Å². The molecule has 0 aliphatic carbocycles. The third-order valence-corrected chi connectivity index (χ3v) is 9.25. The van der Waals surface area contributed by atoms with Crippen LogP contribution in [0.3, 0.4) is 0 Å². The van der Waals surface area contributed by atoms with Crippen LogP contribution >= 0.6 is 0 Å². The molecule has 0 spiro atoms. The summed E-state index contributed by atoms with van der Waals surface area (Å²) >= 11 is 0. The van der Waals surface area contributed by atoms with Gasteiger partial charge in [-0.2, -0.15) is 0 Å². The van der Waals surface area contributed by atoms with Crippen molar-refractivity contribution >= 4 is 27.8 Å². The second-order valence-electron chi connectivity index (χ2n) is 12.2. The topological polar surface area (TPSA) is 12.5 Å². The number of nitrogens with zero attached hydrogens (tertiary/aromatic N) is 1. The smallest absolute Gasteiger partial charge is 0.143 e. The summed E-state index contributed by atoms with van der Waals surface area (Å²) in [6.45, 7) is 0. The Labute approximate surface area is 280 Å². The van der Waals surface area contributed by atoms with Gasteiger partial charge in [0.25, 0.3) is 0 Å². The van der Waals surface area contributed by atoms with E-state index in [0.717, 1.165) is 56.0 Å². The van der Waals surface area contributed by atoms with Crippen molar-refractivity contribution in [3.05, 3.63) is 188 Å². The molecule has 1 aliphatic rings. The fourth-order valence-corrected chi connectivity index (χ4v) is 6.91. The molecule has 1 heterocycles. The Bertz CT molecular complexity index is 2300. The molecule has 8 aromatic rings. The van der Waals surface area contributed by atoms with Crippen LogP contribution in [-0.2, 0) is 0 Å². The first kappa shape index (κ1) is 27.9. The van der Waals surface area contributed by atoms with Crippen LogP contribution in [0.2, 0.25) is 0 Å². The third-order valence-electron chi connectivity index (χ3n) is 9.25. The predicted octanol–water partition coefficient (Wildman–Crippen LogP) is 13.1. The summed E-state index contributed by atoms with van der Waals surface area (Å²) in [5.41, 5.74) is 12.6. The Kier molecular flexibility index (Phi) is 6.84. The molecule has 0 bridgehead atoms. The Balaban J connectivity index is 1.24. The Morgan fingerprint density at radius 1 is 0.333 bits per heavy atom. The molecule has 0 N–H and O–H groups in total. The molecule has 0 saturated carbocycles. The predicted molar refractivity (Wildman–Crippen MR) is 200 cm³/mol. The minimum atomic E-state index is 0.873. The van der Waals surface area contributed by atoms with E-state index in [0.29, 0.717) is 0 Å². The molecule has 0 radical (unpaired) electrons. The van der Waals surface area contributed by atoms with E-state index in [9.17, 15) is 0 Å². The molecule has 0 saturated heterocycles. The summed E-state index contributed by atoms with van der Waals surface area (Å²) in [6.07, 6.45) is 0. The first-order valence-electron chi connectivity index (χ1n) is 16.3. The zero-order valence-corrected chi connectivity index (χ0v) is 26.3. The normalized spacial score (nSPS) is 11.5. The average molecular weight is 614 g/mol. The van der Waals surface area contributed by atoms with Crippen molar-refractivity contribution < 1.29 is 4.74 Å². The van der Waals surface area contributed by atoms with Crippen LogP contribution in [0.5, 0.6) is 11.5 Å². The summed E-state index contributed by atoms with van der Waals surface area (Å²) in [5.74, 6) is 1.78. The second kappa shape index (κ2) is 11.8. The summed E-state index contributed by atoms with van der Waals surface area (Å²) in [6, 6.07) is 66.8. The summed E-state index contributed by atoms with van der Waals surface area (Å²) in [4.78, 5) is 2.36. The van der Waals surface area contributed by atoms with Crippen molar-refractivity contribution in [1.29, 1.82) is 0 Å². The number of rotatable bonds is 6. The van der Waals surface area contributed by atoms with E-state index in [2.05, 4.69) is 187 Å². The van der Waals surface area contributed by atoms with Crippen molar-refractivity contribution in [1.82, 2.24) is 0 Å². The van der Waals surface area contributed by atoms with Gasteiger partial charge in [-0.1, -0.05) is 140 Å². The zero-order valence-electron chi connectivity index (χ0n) is 26.3. The van der Waals surface area contributed by atoms with E-state index in [4.69, 9.17) is 4.74 Å². The highest BCUT2D eigenvalue weighted by atomic mass is 16.5. The quantitative estimate of drug-likeness (QED) is 0.185. The van der Waals surface area contributed by atoms with Gasteiger partial charge in [0, 0.05) is 33.6 Å². The van der Waals surface area contributed by atoms with Gasteiger partial charge in [-0.15, -0.1) is 0 Å². The van der Waals surface area contributed by atoms with E-state index in [1.165, 1.54) is 27.8 Å². The highest BCUT2D eigenvalue weighted by molar-refractivity contribution is 6.09. The zero-order chi connectivity index (χ0) is 31.9. The fraction of sp³-hybridized carbons (Fsp3) is 0. The van der Waals surface area contributed by atoms with Crippen molar-refractivity contribution in [2.75, 3.05) is 4.90 Å². The highest BCUT2D eigenvalue weighted by Crippen LogP contribution is 2.52. The van der Waals surface area contributed by atoms with Crippen LogP contribution in [0.4, 0.5) is 17.1 Å². The van der Waals surface area contributed by atoms with Gasteiger partial charge in [-0.3, -0.25) is 0 Å². The molecule has 2 nitrogen and oxygen atoms in total. The van der Waals surface area contributed by atoms with E-state index in [-0.39, 0.29) is 0 Å². The molecule has 226 valence electrons. The molecule has 48 heavy (non-hydrogen) atoms. The molecular weight excluding hydrogens is 583 g/mol. The maximum atomic E-state index is 6.70. The van der Waals surface area contributed by atoms with Gasteiger partial charge in [-0.05, 0) is 87.3 Å². The first-order valence-corrected chi connectivity index (χ1v) is 16.3. The lowest BCUT2D eigenvalue weighted by molar-refractivity contribution is 0.489. The number of fused-ring (bicyclic) bond motifs is 2. The standard InChI is InChI=1S/C46H31NO/c1-4-12-32(13-5-1)34-20-25-38(26-21-34)47(39-27-22-35(23-28-39)33-14-6-2-7-15-33)40-30-37-24-29-41(36-16-8-3-9-17-36)46-45(37)43(31-40)42-18-10-11-19-44(42)48-46/h1-31H. The monoisotopic (exact) mass is 613 g/mol. The molecule has 2 heteroatoms. The lowest BCUT2D eigenvalue weighted by atomic mass is 9.90. The molecule has 8 aromatic carbocycles. The highest BCUT2D eigenvalue weighted by Gasteiger charge is 2.25. The largest absolute Gasteiger partial charge is 0.455 e. The number of benzene rings is 8. The van der Waals surface area contributed by atoms with Crippen molar-refractivity contribution in [2.45, 2.75) is 0 Å². The summed E-state index contributed by atoms with van der Waals surface area (Å²) < 4.78 is 6.70. The molecule has 0 fully saturated rings. The fourth-order valence-electron chi connectivity index (χ4n) is 6.91. The summed E-state index contributed by atoms with van der Waals surface area (Å²) in [5, 5.41) is 2.27. The van der Waals surface area contributed by atoms with Gasteiger partial charge in [-0.25, -0.2) is 0 Å². The van der Waals surface area contributed by atoms with Crippen LogP contribution in [0.15, 0.2) is 188 Å². The van der Waals surface area contributed by atoms with Gasteiger partial charge >= 0.3 is 0 Å². The lowest BCUT2D eigenvalue weighted by Crippen LogP contribution is -2.11. The van der Waals surface area contributed by atoms with Crippen molar-refractivity contribution in [3.63, 3.8) is 0 Å². The van der Waals surface area contributed by atoms with Crippen LogP contribution in [0.25, 0.3) is 55.3 Å². The van der Waals surface area contributed by atoms with Crippen molar-refractivity contribution in [3.8, 4) is 56.0 Å². The number of anilines is 3. The molecule has 0 unspecified atom stereocenters. The minimum Gasteiger partial charge on any atom is -0.455 e. The third kappa shape index (κ3) is 4.92. The van der Waals surface area contributed by atoms with E-state index in [1.54, 1.807) is 0 Å². The minimum absolute atomic E-state index is 0.873. The maximum Gasteiger partial charge on any atom is 0.143 e. The number of hydrogen-bond donors (Lipinski definition) is 0. The van der Waals surface area contributed by atoms with Gasteiger partial charge in [0.15, 0.2) is 0 Å². The lowest BCUT2D eigenvalue weighted by Gasteiger charge is -2.29. The number of ether oxygens (including phenoxy) is 1. The number of para-hydroxylation sites is 1. The number of hydrogen-bond acceptors (Lipinski definition) is 2. The molecule has 0 aromatic heterocycles. The Morgan fingerprint density at radius 3 is 1.42 bits per heavy atom. The molecule has 9 rings (SSSR count). The van der Waals surface area contributed by atoms with Gasteiger partial charge in [0.05, 0.1) is 0 Å². The SMILES string of the molecule is c1ccc(-c2ccc(N(c3ccc(-c4ccccc4)cc3)c3cc4c5c(c(-c6ccccc6)ccc5c3)Oc3ccccc3-4)cc2)cc1.